The van der Waals surface area contributed by atoms with Crippen molar-refractivity contribution in [3.63, 3.8) is 0 Å². The Hall–Kier alpha value is -1.84. The maximum Gasteiger partial charge on any atom is 0.313 e. The van der Waals surface area contributed by atoms with Gasteiger partial charge in [-0.25, -0.2) is 0 Å². The molecule has 2 aliphatic rings. The summed E-state index contributed by atoms with van der Waals surface area (Å²) in [4.78, 5) is 23.6. The Labute approximate surface area is 130 Å². The van der Waals surface area contributed by atoms with Crippen molar-refractivity contribution >= 4 is 17.6 Å². The summed E-state index contributed by atoms with van der Waals surface area (Å²) in [5, 5.41) is 12.2. The molecular weight excluding hydrogens is 278 g/mol. The average Bonchev–Trinajstić information content (AvgIpc) is 2.97. The SMILES string of the molecule is CC(C)(C(=O)O)c1ccc(NC(=O)C2CC23CCCC3)cc1. The molecule has 1 amide bonds. The van der Waals surface area contributed by atoms with Crippen molar-refractivity contribution in [1.82, 2.24) is 0 Å². The van der Waals surface area contributed by atoms with Gasteiger partial charge >= 0.3 is 5.97 Å². The third-order valence-corrected chi connectivity index (χ3v) is 5.51. The fourth-order valence-corrected chi connectivity index (χ4v) is 3.67. The number of benzene rings is 1. The molecule has 3 rings (SSSR count). The number of hydrogen-bond acceptors (Lipinski definition) is 2. The Kier molecular flexibility index (Phi) is 3.50. The molecule has 0 bridgehead atoms. The van der Waals surface area contributed by atoms with Crippen LogP contribution in [0.15, 0.2) is 24.3 Å². The van der Waals surface area contributed by atoms with Crippen LogP contribution in [0.2, 0.25) is 0 Å². The van der Waals surface area contributed by atoms with Gasteiger partial charge in [0.15, 0.2) is 0 Å². The molecule has 1 aromatic carbocycles. The average molecular weight is 301 g/mol. The number of rotatable bonds is 4. The monoisotopic (exact) mass is 301 g/mol. The van der Waals surface area contributed by atoms with Gasteiger partial charge in [-0.15, -0.1) is 0 Å². The zero-order valence-electron chi connectivity index (χ0n) is 13.2. The summed E-state index contributed by atoms with van der Waals surface area (Å²) < 4.78 is 0. The Morgan fingerprint density at radius 2 is 1.77 bits per heavy atom. The standard InChI is InChI=1S/C18H23NO3/c1-17(2,16(21)22)12-5-7-13(8-6-12)19-15(20)14-11-18(14)9-3-4-10-18/h5-8,14H,3-4,9-11H2,1-2H3,(H,19,20)(H,21,22). The van der Waals surface area contributed by atoms with E-state index in [1.54, 1.807) is 38.1 Å². The lowest BCUT2D eigenvalue weighted by molar-refractivity contribution is -0.142. The summed E-state index contributed by atoms with van der Waals surface area (Å²) in [7, 11) is 0. The van der Waals surface area contributed by atoms with Crippen LogP contribution in [0.25, 0.3) is 0 Å². The van der Waals surface area contributed by atoms with E-state index in [2.05, 4.69) is 5.32 Å². The maximum atomic E-state index is 12.3. The van der Waals surface area contributed by atoms with Crippen LogP contribution in [0.5, 0.6) is 0 Å². The molecule has 1 atom stereocenters. The van der Waals surface area contributed by atoms with Crippen molar-refractivity contribution in [2.75, 3.05) is 5.32 Å². The van der Waals surface area contributed by atoms with Gasteiger partial charge in [0, 0.05) is 11.6 Å². The molecule has 0 aromatic heterocycles. The Morgan fingerprint density at radius 1 is 1.18 bits per heavy atom. The predicted octanol–water partition coefficient (Wildman–Crippen LogP) is 3.57. The highest BCUT2D eigenvalue weighted by molar-refractivity contribution is 5.95. The quantitative estimate of drug-likeness (QED) is 0.893. The molecular formula is C18H23NO3. The summed E-state index contributed by atoms with van der Waals surface area (Å²) >= 11 is 0. The molecule has 0 heterocycles. The van der Waals surface area contributed by atoms with Crippen LogP contribution in [0, 0.1) is 11.3 Å². The fourth-order valence-electron chi connectivity index (χ4n) is 3.67. The minimum Gasteiger partial charge on any atom is -0.481 e. The second-order valence-electron chi connectivity index (χ2n) is 7.32. The van der Waals surface area contributed by atoms with Gasteiger partial charge in [-0.05, 0) is 56.2 Å². The third-order valence-electron chi connectivity index (χ3n) is 5.51. The number of carbonyl (C=O) groups is 2. The van der Waals surface area contributed by atoms with Crippen molar-refractivity contribution in [3.05, 3.63) is 29.8 Å². The smallest absolute Gasteiger partial charge is 0.313 e. The molecule has 2 aliphatic carbocycles. The first-order valence-corrected chi connectivity index (χ1v) is 8.00. The molecule has 1 unspecified atom stereocenters. The van der Waals surface area contributed by atoms with Crippen LogP contribution in [0.1, 0.15) is 51.5 Å². The lowest BCUT2D eigenvalue weighted by Gasteiger charge is -2.20. The topological polar surface area (TPSA) is 66.4 Å². The van der Waals surface area contributed by atoms with Gasteiger partial charge < -0.3 is 10.4 Å². The van der Waals surface area contributed by atoms with Gasteiger partial charge in [0.1, 0.15) is 0 Å². The Bertz CT molecular complexity index is 597. The van der Waals surface area contributed by atoms with Crippen molar-refractivity contribution in [1.29, 1.82) is 0 Å². The molecule has 4 heteroatoms. The summed E-state index contributed by atoms with van der Waals surface area (Å²) in [5.74, 6) is -0.567. The summed E-state index contributed by atoms with van der Waals surface area (Å²) in [6.45, 7) is 3.36. The highest BCUT2D eigenvalue weighted by atomic mass is 16.4. The van der Waals surface area contributed by atoms with E-state index in [0.717, 1.165) is 17.7 Å². The Balaban J connectivity index is 1.64. The number of aliphatic carboxylic acids is 1. The second-order valence-corrected chi connectivity index (χ2v) is 7.32. The molecule has 0 saturated heterocycles. The van der Waals surface area contributed by atoms with E-state index >= 15 is 0 Å². The van der Waals surface area contributed by atoms with Crippen LogP contribution in [-0.4, -0.2) is 17.0 Å². The summed E-state index contributed by atoms with van der Waals surface area (Å²) in [5.41, 5.74) is 0.856. The maximum absolute atomic E-state index is 12.3. The van der Waals surface area contributed by atoms with E-state index in [1.807, 2.05) is 0 Å². The van der Waals surface area contributed by atoms with Crippen molar-refractivity contribution in [2.24, 2.45) is 11.3 Å². The zero-order chi connectivity index (χ0) is 16.0. The van der Waals surface area contributed by atoms with E-state index in [1.165, 1.54) is 25.7 Å². The largest absolute Gasteiger partial charge is 0.481 e. The second kappa shape index (κ2) is 5.11. The van der Waals surface area contributed by atoms with E-state index in [4.69, 9.17) is 0 Å². The van der Waals surface area contributed by atoms with Crippen molar-refractivity contribution in [3.8, 4) is 0 Å². The van der Waals surface area contributed by atoms with Crippen LogP contribution >= 0.6 is 0 Å². The van der Waals surface area contributed by atoms with Crippen molar-refractivity contribution in [2.45, 2.75) is 51.4 Å². The molecule has 2 fully saturated rings. The summed E-state index contributed by atoms with van der Waals surface area (Å²) in [6, 6.07) is 7.15. The lowest BCUT2D eigenvalue weighted by atomic mass is 9.85. The number of carboxylic acid groups (broad SMARTS) is 1. The van der Waals surface area contributed by atoms with Gasteiger partial charge in [-0.3, -0.25) is 9.59 Å². The molecule has 1 spiro atoms. The predicted molar refractivity (Wildman–Crippen MR) is 84.7 cm³/mol. The molecule has 2 N–H and O–H groups in total. The minimum absolute atomic E-state index is 0.118. The van der Waals surface area contributed by atoms with Gasteiger partial charge in [0.25, 0.3) is 0 Å². The minimum atomic E-state index is -0.924. The lowest BCUT2D eigenvalue weighted by Crippen LogP contribution is -2.28. The first-order valence-electron chi connectivity index (χ1n) is 8.00. The van der Waals surface area contributed by atoms with E-state index < -0.39 is 11.4 Å². The molecule has 22 heavy (non-hydrogen) atoms. The third kappa shape index (κ3) is 2.51. The molecule has 1 aromatic rings. The van der Waals surface area contributed by atoms with Crippen LogP contribution in [0.4, 0.5) is 5.69 Å². The zero-order valence-corrected chi connectivity index (χ0v) is 13.2. The first-order chi connectivity index (χ1) is 10.3. The number of hydrogen-bond donors (Lipinski definition) is 2. The fraction of sp³-hybridized carbons (Fsp3) is 0.556. The molecule has 4 nitrogen and oxygen atoms in total. The molecule has 0 radical (unpaired) electrons. The summed E-state index contributed by atoms with van der Waals surface area (Å²) in [6.07, 6.45) is 5.92. The highest BCUT2D eigenvalue weighted by Crippen LogP contribution is 2.63. The normalized spacial score (nSPS) is 22.5. The van der Waals surface area contributed by atoms with Crippen molar-refractivity contribution < 1.29 is 14.7 Å². The number of amides is 1. The Morgan fingerprint density at radius 3 is 2.32 bits per heavy atom. The van der Waals surface area contributed by atoms with Crippen LogP contribution in [-0.2, 0) is 15.0 Å². The van der Waals surface area contributed by atoms with E-state index in [-0.39, 0.29) is 11.8 Å². The molecule has 118 valence electrons. The van der Waals surface area contributed by atoms with E-state index in [9.17, 15) is 14.7 Å². The van der Waals surface area contributed by atoms with Crippen LogP contribution in [0.3, 0.4) is 0 Å². The number of carboxylic acids is 1. The van der Waals surface area contributed by atoms with Crippen LogP contribution < -0.4 is 5.32 Å². The molecule has 2 saturated carbocycles. The van der Waals surface area contributed by atoms with Gasteiger partial charge in [0.05, 0.1) is 5.41 Å². The van der Waals surface area contributed by atoms with Gasteiger partial charge in [0.2, 0.25) is 5.91 Å². The number of nitrogens with one attached hydrogen (secondary N) is 1. The number of anilines is 1. The van der Waals surface area contributed by atoms with Gasteiger partial charge in [-0.2, -0.15) is 0 Å². The highest BCUT2D eigenvalue weighted by Gasteiger charge is 2.58. The molecule has 0 aliphatic heterocycles. The van der Waals surface area contributed by atoms with E-state index in [0.29, 0.717) is 5.41 Å². The number of carbonyl (C=O) groups excluding carboxylic acids is 1. The van der Waals surface area contributed by atoms with Gasteiger partial charge in [-0.1, -0.05) is 25.0 Å². The first kappa shape index (κ1) is 15.1.